The van der Waals surface area contributed by atoms with Crippen LogP contribution >= 0.6 is 0 Å². The normalized spacial score (nSPS) is 18.4. The Hall–Kier alpha value is -0.850. The lowest BCUT2D eigenvalue weighted by Crippen LogP contribution is -2.41. The van der Waals surface area contributed by atoms with Gasteiger partial charge in [0.1, 0.15) is 0 Å². The molecule has 0 radical (unpaired) electrons. The number of nitrogens with one attached hydrogen (secondary N) is 1. The van der Waals surface area contributed by atoms with Gasteiger partial charge in [0.25, 0.3) is 0 Å². The number of unbranched alkanes of at least 4 members (excludes halogenated alkanes) is 1. The molecule has 0 saturated carbocycles. The smallest absolute Gasteiger partial charge is 0.193 e. The van der Waals surface area contributed by atoms with E-state index in [0.29, 0.717) is 32.3 Å². The van der Waals surface area contributed by atoms with Crippen LogP contribution in [0.2, 0.25) is 0 Å². The lowest BCUT2D eigenvalue weighted by molar-refractivity contribution is 0.0497. The standard InChI is InChI=1S/C17H35N3O3/c1-4-6-9-21-12-13-22-11-8-19-17(18-5-2)20(3)14-16-7-10-23-15-16/h16H,4-15H2,1-3H3,(H,18,19). The van der Waals surface area contributed by atoms with Crippen LogP contribution in [0.1, 0.15) is 33.1 Å². The molecule has 1 N–H and O–H groups in total. The molecule has 1 atom stereocenters. The van der Waals surface area contributed by atoms with Crippen LogP contribution in [-0.2, 0) is 14.2 Å². The molecule has 1 aliphatic rings. The van der Waals surface area contributed by atoms with E-state index in [1.165, 1.54) is 6.42 Å². The first-order chi connectivity index (χ1) is 11.3. The van der Waals surface area contributed by atoms with Gasteiger partial charge in [-0.1, -0.05) is 13.3 Å². The van der Waals surface area contributed by atoms with E-state index in [2.05, 4.69) is 36.1 Å². The first kappa shape index (κ1) is 20.2. The summed E-state index contributed by atoms with van der Waals surface area (Å²) in [6, 6.07) is 0. The van der Waals surface area contributed by atoms with Gasteiger partial charge in [-0.2, -0.15) is 0 Å². The van der Waals surface area contributed by atoms with E-state index >= 15 is 0 Å². The maximum atomic E-state index is 5.56. The van der Waals surface area contributed by atoms with Gasteiger partial charge < -0.3 is 24.4 Å². The lowest BCUT2D eigenvalue weighted by Gasteiger charge is -2.24. The number of rotatable bonds is 12. The van der Waals surface area contributed by atoms with E-state index in [9.17, 15) is 0 Å². The Morgan fingerprint density at radius 3 is 2.65 bits per heavy atom. The zero-order valence-electron chi connectivity index (χ0n) is 15.2. The monoisotopic (exact) mass is 329 g/mol. The maximum Gasteiger partial charge on any atom is 0.193 e. The van der Waals surface area contributed by atoms with E-state index in [-0.39, 0.29) is 0 Å². The van der Waals surface area contributed by atoms with Crippen LogP contribution in [-0.4, -0.2) is 77.2 Å². The third-order valence-electron chi connectivity index (χ3n) is 3.76. The van der Waals surface area contributed by atoms with E-state index in [1.54, 1.807) is 0 Å². The van der Waals surface area contributed by atoms with Crippen molar-refractivity contribution < 1.29 is 14.2 Å². The van der Waals surface area contributed by atoms with Crippen molar-refractivity contribution in [2.45, 2.75) is 33.1 Å². The minimum absolute atomic E-state index is 0.611. The highest BCUT2D eigenvalue weighted by molar-refractivity contribution is 5.79. The largest absolute Gasteiger partial charge is 0.381 e. The molecule has 0 spiro atoms. The third-order valence-corrected chi connectivity index (χ3v) is 3.76. The molecule has 1 saturated heterocycles. The molecule has 1 heterocycles. The summed E-state index contributed by atoms with van der Waals surface area (Å²) in [7, 11) is 2.09. The van der Waals surface area contributed by atoms with Crippen LogP contribution in [0.4, 0.5) is 0 Å². The zero-order valence-corrected chi connectivity index (χ0v) is 15.2. The molecule has 6 nitrogen and oxygen atoms in total. The first-order valence-corrected chi connectivity index (χ1v) is 9.00. The predicted octanol–water partition coefficient (Wildman–Crippen LogP) is 1.75. The fraction of sp³-hybridized carbons (Fsp3) is 0.941. The SMILES string of the molecule is CCCCOCCOCCN=C(NCC)N(C)CC1CCOC1. The summed E-state index contributed by atoms with van der Waals surface area (Å²) in [5, 5.41) is 3.34. The second kappa shape index (κ2) is 13.6. The number of ether oxygens (including phenoxy) is 3. The Bertz CT molecular complexity index is 307. The van der Waals surface area contributed by atoms with Crippen molar-refractivity contribution in [3.63, 3.8) is 0 Å². The van der Waals surface area contributed by atoms with E-state index in [0.717, 1.165) is 51.7 Å². The zero-order chi connectivity index (χ0) is 16.8. The van der Waals surface area contributed by atoms with Gasteiger partial charge in [0, 0.05) is 39.3 Å². The summed E-state index contributed by atoms with van der Waals surface area (Å²) in [5.74, 6) is 1.56. The highest BCUT2D eigenvalue weighted by Gasteiger charge is 2.18. The van der Waals surface area contributed by atoms with Crippen LogP contribution in [0.3, 0.4) is 0 Å². The molecule has 1 aliphatic heterocycles. The van der Waals surface area contributed by atoms with Gasteiger partial charge in [-0.05, 0) is 19.8 Å². The van der Waals surface area contributed by atoms with Crippen LogP contribution in [0.15, 0.2) is 4.99 Å². The average molecular weight is 329 g/mol. The van der Waals surface area contributed by atoms with Crippen LogP contribution in [0.25, 0.3) is 0 Å². The van der Waals surface area contributed by atoms with Gasteiger partial charge >= 0.3 is 0 Å². The molecule has 1 rings (SSSR count). The van der Waals surface area contributed by atoms with Crippen molar-refractivity contribution in [3.05, 3.63) is 0 Å². The Kier molecular flexibility index (Phi) is 11.9. The Labute approximate surface area is 141 Å². The summed E-state index contributed by atoms with van der Waals surface area (Å²) in [4.78, 5) is 6.82. The third kappa shape index (κ3) is 9.79. The fourth-order valence-electron chi connectivity index (χ4n) is 2.46. The topological polar surface area (TPSA) is 55.3 Å². The molecule has 1 fully saturated rings. The molecule has 0 aliphatic carbocycles. The number of hydrogen-bond acceptors (Lipinski definition) is 4. The quantitative estimate of drug-likeness (QED) is 0.336. The molecule has 0 amide bonds. The molecule has 136 valence electrons. The van der Waals surface area contributed by atoms with Crippen LogP contribution < -0.4 is 5.32 Å². The maximum absolute atomic E-state index is 5.56. The van der Waals surface area contributed by atoms with Crippen molar-refractivity contribution >= 4 is 5.96 Å². The van der Waals surface area contributed by atoms with Crippen molar-refractivity contribution in [3.8, 4) is 0 Å². The molecule has 23 heavy (non-hydrogen) atoms. The minimum Gasteiger partial charge on any atom is -0.381 e. The van der Waals surface area contributed by atoms with Crippen molar-refractivity contribution in [2.24, 2.45) is 10.9 Å². The Morgan fingerprint density at radius 1 is 1.22 bits per heavy atom. The van der Waals surface area contributed by atoms with Gasteiger partial charge in [0.05, 0.1) is 33.0 Å². The summed E-state index contributed by atoms with van der Waals surface area (Å²) < 4.78 is 16.5. The van der Waals surface area contributed by atoms with Gasteiger partial charge in [-0.25, -0.2) is 0 Å². The molecule has 1 unspecified atom stereocenters. The number of guanidine groups is 1. The predicted molar refractivity (Wildman–Crippen MR) is 94.1 cm³/mol. The molecular weight excluding hydrogens is 294 g/mol. The molecule has 0 aromatic heterocycles. The Balaban J connectivity index is 2.15. The number of nitrogens with zero attached hydrogens (tertiary/aromatic N) is 2. The van der Waals surface area contributed by atoms with Crippen LogP contribution in [0.5, 0.6) is 0 Å². The molecule has 0 aromatic carbocycles. The molecule has 0 aromatic rings. The van der Waals surface area contributed by atoms with E-state index in [4.69, 9.17) is 14.2 Å². The molecular formula is C17H35N3O3. The van der Waals surface area contributed by atoms with Crippen LogP contribution in [0, 0.1) is 5.92 Å². The second-order valence-corrected chi connectivity index (χ2v) is 5.92. The highest BCUT2D eigenvalue weighted by Crippen LogP contribution is 2.13. The van der Waals surface area contributed by atoms with Crippen molar-refractivity contribution in [2.75, 3.05) is 66.3 Å². The number of hydrogen-bond donors (Lipinski definition) is 1. The fourth-order valence-corrected chi connectivity index (χ4v) is 2.46. The van der Waals surface area contributed by atoms with Gasteiger partial charge in [-0.3, -0.25) is 4.99 Å². The second-order valence-electron chi connectivity index (χ2n) is 5.92. The Morgan fingerprint density at radius 2 is 2.00 bits per heavy atom. The van der Waals surface area contributed by atoms with Crippen molar-refractivity contribution in [1.29, 1.82) is 0 Å². The summed E-state index contributed by atoms with van der Waals surface area (Å²) in [6.45, 7) is 11.3. The molecule has 6 heteroatoms. The first-order valence-electron chi connectivity index (χ1n) is 9.00. The summed E-state index contributed by atoms with van der Waals surface area (Å²) in [6.07, 6.45) is 3.43. The molecule has 0 bridgehead atoms. The average Bonchev–Trinajstić information content (AvgIpc) is 3.05. The van der Waals surface area contributed by atoms with Gasteiger partial charge in [-0.15, -0.1) is 0 Å². The van der Waals surface area contributed by atoms with E-state index in [1.807, 2.05) is 0 Å². The summed E-state index contributed by atoms with van der Waals surface area (Å²) in [5.41, 5.74) is 0. The van der Waals surface area contributed by atoms with Gasteiger partial charge in [0.15, 0.2) is 5.96 Å². The van der Waals surface area contributed by atoms with Crippen molar-refractivity contribution in [1.82, 2.24) is 10.2 Å². The van der Waals surface area contributed by atoms with Gasteiger partial charge in [0.2, 0.25) is 0 Å². The lowest BCUT2D eigenvalue weighted by atomic mass is 10.1. The minimum atomic E-state index is 0.611. The van der Waals surface area contributed by atoms with E-state index < -0.39 is 0 Å². The highest BCUT2D eigenvalue weighted by atomic mass is 16.5. The summed E-state index contributed by atoms with van der Waals surface area (Å²) >= 11 is 0. The number of aliphatic imine (C=N–C) groups is 1.